The van der Waals surface area contributed by atoms with Crippen LogP contribution in [-0.4, -0.2) is 59.5 Å². The standard InChI is InChI=1S/C29H35N3O7S/c1-19-4-7-23(8-5-19)40(35,36)32-21-15-25-24(9-11-29(34)31-25)27(16-21)39-18-22(33)17-30-13-12-20-6-10-26(37-2)28(14-20)38-3/h4-8,10,14-16,22,30,32-33H,9,11-13,17-18H2,1-3H3,(H,31,34). The molecule has 0 spiro atoms. The van der Waals surface area contributed by atoms with Crippen molar-refractivity contribution in [3.05, 3.63) is 71.3 Å². The van der Waals surface area contributed by atoms with E-state index in [1.54, 1.807) is 38.5 Å². The van der Waals surface area contributed by atoms with Crippen molar-refractivity contribution in [3.63, 3.8) is 0 Å². The Bertz CT molecular complexity index is 1440. The summed E-state index contributed by atoms with van der Waals surface area (Å²) in [6.45, 7) is 2.79. The molecular weight excluding hydrogens is 534 g/mol. The van der Waals surface area contributed by atoms with Gasteiger partial charge in [0.15, 0.2) is 11.5 Å². The molecule has 3 aromatic rings. The van der Waals surface area contributed by atoms with Crippen molar-refractivity contribution in [1.82, 2.24) is 5.32 Å². The van der Waals surface area contributed by atoms with E-state index in [9.17, 15) is 18.3 Å². The molecule has 1 aliphatic rings. The number of aryl methyl sites for hydroxylation is 1. The summed E-state index contributed by atoms with van der Waals surface area (Å²) in [5.74, 6) is 1.58. The van der Waals surface area contributed by atoms with Gasteiger partial charge in [-0.15, -0.1) is 0 Å². The minimum Gasteiger partial charge on any atom is -0.493 e. The van der Waals surface area contributed by atoms with Crippen LogP contribution in [0.2, 0.25) is 0 Å². The van der Waals surface area contributed by atoms with Gasteiger partial charge in [-0.25, -0.2) is 8.42 Å². The zero-order valence-electron chi connectivity index (χ0n) is 22.8. The number of aliphatic hydroxyl groups is 1. The summed E-state index contributed by atoms with van der Waals surface area (Å²) in [5, 5.41) is 16.5. The topological polar surface area (TPSA) is 135 Å². The summed E-state index contributed by atoms with van der Waals surface area (Å²) in [5.41, 5.74) is 3.50. The number of aliphatic hydroxyl groups excluding tert-OH is 1. The molecule has 1 unspecified atom stereocenters. The predicted molar refractivity (Wildman–Crippen MR) is 153 cm³/mol. The number of anilines is 2. The minimum atomic E-state index is -3.86. The fourth-order valence-electron chi connectivity index (χ4n) is 4.37. The first-order valence-corrected chi connectivity index (χ1v) is 14.5. The average molecular weight is 570 g/mol. The largest absolute Gasteiger partial charge is 0.493 e. The molecule has 1 atom stereocenters. The lowest BCUT2D eigenvalue weighted by atomic mass is 10.0. The Balaban J connectivity index is 1.37. The van der Waals surface area contributed by atoms with Crippen LogP contribution in [0.4, 0.5) is 11.4 Å². The molecule has 11 heteroatoms. The molecule has 4 N–H and O–H groups in total. The van der Waals surface area contributed by atoms with Crippen LogP contribution in [0.5, 0.6) is 17.2 Å². The summed E-state index contributed by atoms with van der Waals surface area (Å²) in [6.07, 6.45) is 0.649. The van der Waals surface area contributed by atoms with Crippen LogP contribution in [0.25, 0.3) is 0 Å². The van der Waals surface area contributed by atoms with Gasteiger partial charge in [-0.3, -0.25) is 9.52 Å². The lowest BCUT2D eigenvalue weighted by molar-refractivity contribution is -0.116. The maximum atomic E-state index is 12.9. The minimum absolute atomic E-state index is 0.0160. The van der Waals surface area contributed by atoms with Crippen molar-refractivity contribution in [2.75, 3.05) is 44.0 Å². The maximum Gasteiger partial charge on any atom is 0.261 e. The molecule has 3 aromatic carbocycles. The number of hydrogen-bond acceptors (Lipinski definition) is 8. The Labute approximate surface area is 234 Å². The first-order chi connectivity index (χ1) is 19.2. The zero-order chi connectivity index (χ0) is 28.7. The molecule has 40 heavy (non-hydrogen) atoms. The van der Waals surface area contributed by atoms with Gasteiger partial charge < -0.3 is 30.0 Å². The highest BCUT2D eigenvalue weighted by atomic mass is 32.2. The number of methoxy groups -OCH3 is 2. The molecule has 4 rings (SSSR count). The van der Waals surface area contributed by atoms with Gasteiger partial charge in [0.1, 0.15) is 18.5 Å². The van der Waals surface area contributed by atoms with Crippen LogP contribution in [-0.2, 0) is 27.7 Å². The van der Waals surface area contributed by atoms with Crippen LogP contribution < -0.4 is 29.6 Å². The highest BCUT2D eigenvalue weighted by Gasteiger charge is 2.23. The second kappa shape index (κ2) is 13.0. The quantitative estimate of drug-likeness (QED) is 0.231. The summed E-state index contributed by atoms with van der Waals surface area (Å²) in [4.78, 5) is 12.1. The van der Waals surface area contributed by atoms with Gasteiger partial charge in [0.2, 0.25) is 5.91 Å². The van der Waals surface area contributed by atoms with Crippen molar-refractivity contribution in [1.29, 1.82) is 0 Å². The van der Waals surface area contributed by atoms with Gasteiger partial charge in [-0.05, 0) is 62.2 Å². The predicted octanol–water partition coefficient (Wildman–Crippen LogP) is 3.27. The van der Waals surface area contributed by atoms with E-state index >= 15 is 0 Å². The van der Waals surface area contributed by atoms with Crippen LogP contribution >= 0.6 is 0 Å². The van der Waals surface area contributed by atoms with Crippen LogP contribution in [0.3, 0.4) is 0 Å². The van der Waals surface area contributed by atoms with Gasteiger partial charge in [-0.2, -0.15) is 0 Å². The molecule has 0 saturated carbocycles. The number of rotatable bonds is 13. The van der Waals surface area contributed by atoms with Crippen molar-refractivity contribution in [3.8, 4) is 17.2 Å². The Morgan fingerprint density at radius 2 is 1.73 bits per heavy atom. The van der Waals surface area contributed by atoms with Crippen LogP contribution in [0.1, 0.15) is 23.1 Å². The molecule has 0 bridgehead atoms. The highest BCUT2D eigenvalue weighted by molar-refractivity contribution is 7.92. The van der Waals surface area contributed by atoms with Crippen LogP contribution in [0.15, 0.2) is 59.5 Å². The van der Waals surface area contributed by atoms with Crippen molar-refractivity contribution in [2.45, 2.75) is 37.2 Å². The molecule has 0 aliphatic carbocycles. The van der Waals surface area contributed by atoms with E-state index in [1.165, 1.54) is 12.1 Å². The summed E-state index contributed by atoms with van der Waals surface area (Å²) >= 11 is 0. The summed E-state index contributed by atoms with van der Waals surface area (Å²) in [7, 11) is -0.672. The lowest BCUT2D eigenvalue weighted by Gasteiger charge is -2.23. The number of hydrogen-bond donors (Lipinski definition) is 4. The number of ether oxygens (including phenoxy) is 3. The third kappa shape index (κ3) is 7.44. The lowest BCUT2D eigenvalue weighted by Crippen LogP contribution is -2.32. The molecule has 0 radical (unpaired) electrons. The number of amides is 1. The molecule has 0 saturated heterocycles. The molecule has 0 aromatic heterocycles. The van der Waals surface area contributed by atoms with E-state index in [1.807, 2.05) is 25.1 Å². The van der Waals surface area contributed by atoms with Gasteiger partial charge in [0, 0.05) is 30.3 Å². The number of nitrogens with one attached hydrogen (secondary N) is 3. The van der Waals surface area contributed by atoms with Gasteiger partial charge in [0.05, 0.1) is 24.8 Å². The average Bonchev–Trinajstić information content (AvgIpc) is 2.93. The van der Waals surface area contributed by atoms with Crippen molar-refractivity contribution >= 4 is 27.3 Å². The second-order valence-electron chi connectivity index (χ2n) is 9.58. The smallest absolute Gasteiger partial charge is 0.261 e. The van der Waals surface area contributed by atoms with E-state index in [2.05, 4.69) is 15.4 Å². The van der Waals surface area contributed by atoms with E-state index in [4.69, 9.17) is 14.2 Å². The number of carbonyl (C=O) groups excluding carboxylic acids is 1. The Morgan fingerprint density at radius 1 is 0.975 bits per heavy atom. The Hall–Kier alpha value is -3.80. The third-order valence-electron chi connectivity index (χ3n) is 6.52. The summed E-state index contributed by atoms with van der Waals surface area (Å²) in [6, 6.07) is 15.4. The second-order valence-corrected chi connectivity index (χ2v) is 11.3. The van der Waals surface area contributed by atoms with Crippen molar-refractivity contribution < 1.29 is 32.5 Å². The fraction of sp³-hybridized carbons (Fsp3) is 0.345. The number of fused-ring (bicyclic) bond motifs is 1. The number of benzene rings is 3. The van der Waals surface area contributed by atoms with Gasteiger partial charge >= 0.3 is 0 Å². The van der Waals surface area contributed by atoms with E-state index in [-0.39, 0.29) is 29.5 Å². The summed E-state index contributed by atoms with van der Waals surface area (Å²) < 4.78 is 45.0. The normalized spacial score (nSPS) is 13.7. The Morgan fingerprint density at radius 3 is 2.45 bits per heavy atom. The SMILES string of the molecule is COc1ccc(CCNCC(O)COc2cc(NS(=O)(=O)c3ccc(C)cc3)cc3c2CCC(=O)N3)cc1OC. The molecule has 1 amide bonds. The van der Waals surface area contributed by atoms with Gasteiger partial charge in [-0.1, -0.05) is 23.8 Å². The van der Waals surface area contributed by atoms with E-state index in [0.717, 1.165) is 23.1 Å². The molecule has 1 aliphatic heterocycles. The molecule has 214 valence electrons. The van der Waals surface area contributed by atoms with Gasteiger partial charge in [0.25, 0.3) is 10.0 Å². The van der Waals surface area contributed by atoms with Crippen LogP contribution in [0, 0.1) is 6.92 Å². The molecule has 0 fully saturated rings. The first kappa shape index (κ1) is 29.2. The monoisotopic (exact) mass is 569 g/mol. The Kier molecular flexibility index (Phi) is 9.51. The first-order valence-electron chi connectivity index (χ1n) is 13.0. The number of sulfonamides is 1. The molecule has 1 heterocycles. The molecular formula is C29H35N3O7S. The fourth-order valence-corrected chi connectivity index (χ4v) is 5.41. The maximum absolute atomic E-state index is 12.9. The third-order valence-corrected chi connectivity index (χ3v) is 7.92. The number of carbonyl (C=O) groups is 1. The highest BCUT2D eigenvalue weighted by Crippen LogP contribution is 2.36. The van der Waals surface area contributed by atoms with E-state index < -0.39 is 16.1 Å². The van der Waals surface area contributed by atoms with E-state index in [0.29, 0.717) is 42.4 Å². The zero-order valence-corrected chi connectivity index (χ0v) is 23.6. The molecule has 10 nitrogen and oxygen atoms in total. The van der Waals surface area contributed by atoms with Crippen molar-refractivity contribution in [2.24, 2.45) is 0 Å².